The number of likely N-dealkylation sites (tertiary alicyclic amines) is 1. The third-order valence-electron chi connectivity index (χ3n) is 4.11. The van der Waals surface area contributed by atoms with Gasteiger partial charge >= 0.3 is 5.97 Å². The Morgan fingerprint density at radius 1 is 1.30 bits per heavy atom. The van der Waals surface area contributed by atoms with E-state index in [0.29, 0.717) is 6.42 Å². The Morgan fingerprint density at radius 3 is 2.50 bits per heavy atom. The summed E-state index contributed by atoms with van der Waals surface area (Å²) in [7, 11) is 0. The molecule has 1 heterocycles. The number of carboxylic acids is 1. The van der Waals surface area contributed by atoms with Gasteiger partial charge in [0.1, 0.15) is 6.04 Å². The molecule has 1 aliphatic heterocycles. The van der Waals surface area contributed by atoms with Crippen molar-refractivity contribution < 1.29 is 15.0 Å². The highest BCUT2D eigenvalue weighted by Gasteiger charge is 2.40. The molecule has 110 valence electrons. The first-order valence-electron chi connectivity index (χ1n) is 7.24. The summed E-state index contributed by atoms with van der Waals surface area (Å²) in [6.45, 7) is 4.81. The highest BCUT2D eigenvalue weighted by atomic mass is 16.4. The van der Waals surface area contributed by atoms with Gasteiger partial charge in [0.25, 0.3) is 0 Å². The van der Waals surface area contributed by atoms with E-state index in [1.165, 1.54) is 0 Å². The summed E-state index contributed by atoms with van der Waals surface area (Å²) in [5.74, 6) is -0.599. The van der Waals surface area contributed by atoms with Crippen LogP contribution in [0.15, 0.2) is 30.3 Å². The molecular weight excluding hydrogens is 254 g/mol. The minimum atomic E-state index is -0.784. The predicted molar refractivity (Wildman–Crippen MR) is 77.4 cm³/mol. The van der Waals surface area contributed by atoms with Crippen LogP contribution in [0.1, 0.15) is 38.4 Å². The van der Waals surface area contributed by atoms with Gasteiger partial charge < -0.3 is 10.2 Å². The largest absolute Gasteiger partial charge is 0.480 e. The van der Waals surface area contributed by atoms with E-state index in [-0.39, 0.29) is 12.0 Å². The number of benzene rings is 1. The Labute approximate surface area is 120 Å². The molecule has 3 unspecified atom stereocenters. The average Bonchev–Trinajstić information content (AvgIpc) is 2.88. The molecule has 2 N–H and O–H groups in total. The third-order valence-corrected chi connectivity index (χ3v) is 4.11. The monoisotopic (exact) mass is 277 g/mol. The fourth-order valence-electron chi connectivity index (χ4n) is 3.19. The van der Waals surface area contributed by atoms with Crippen molar-refractivity contribution in [3.63, 3.8) is 0 Å². The lowest BCUT2D eigenvalue weighted by Gasteiger charge is -2.37. The molecule has 0 spiro atoms. The molecule has 3 atom stereocenters. The maximum Gasteiger partial charge on any atom is 0.320 e. The van der Waals surface area contributed by atoms with Crippen LogP contribution in [-0.2, 0) is 4.79 Å². The van der Waals surface area contributed by atoms with Gasteiger partial charge in [0.05, 0.1) is 6.10 Å². The van der Waals surface area contributed by atoms with E-state index in [4.69, 9.17) is 0 Å². The summed E-state index contributed by atoms with van der Waals surface area (Å²) >= 11 is 0. The summed E-state index contributed by atoms with van der Waals surface area (Å²) in [5, 5.41) is 20.0. The minimum absolute atomic E-state index is 0.166. The van der Waals surface area contributed by atoms with Gasteiger partial charge in [0.2, 0.25) is 0 Å². The molecule has 0 radical (unpaired) electrons. The Balaban J connectivity index is 2.25. The Kier molecular flexibility index (Phi) is 4.78. The van der Waals surface area contributed by atoms with Crippen molar-refractivity contribution in [2.24, 2.45) is 5.92 Å². The quantitative estimate of drug-likeness (QED) is 0.867. The third kappa shape index (κ3) is 3.02. The molecule has 0 aliphatic carbocycles. The Hall–Kier alpha value is -1.39. The fraction of sp³-hybridized carbons (Fsp3) is 0.562. The van der Waals surface area contributed by atoms with E-state index in [2.05, 4.69) is 0 Å². The second kappa shape index (κ2) is 6.37. The van der Waals surface area contributed by atoms with Crippen molar-refractivity contribution in [3.05, 3.63) is 35.9 Å². The summed E-state index contributed by atoms with van der Waals surface area (Å²) in [6.07, 6.45) is 0.887. The van der Waals surface area contributed by atoms with Crippen LogP contribution in [0.3, 0.4) is 0 Å². The van der Waals surface area contributed by atoms with Gasteiger partial charge in [0, 0.05) is 6.04 Å². The van der Waals surface area contributed by atoms with E-state index in [0.717, 1.165) is 18.5 Å². The van der Waals surface area contributed by atoms with Crippen molar-refractivity contribution >= 4 is 5.97 Å². The van der Waals surface area contributed by atoms with Crippen LogP contribution in [0.2, 0.25) is 0 Å². The summed E-state index contributed by atoms with van der Waals surface area (Å²) in [4.78, 5) is 13.3. The number of rotatable bonds is 5. The Morgan fingerprint density at radius 2 is 1.95 bits per heavy atom. The first-order valence-corrected chi connectivity index (χ1v) is 7.24. The molecule has 2 rings (SSSR count). The van der Waals surface area contributed by atoms with Gasteiger partial charge in [0.15, 0.2) is 0 Å². The molecule has 0 amide bonds. The predicted octanol–water partition coefficient (Wildman–Crippen LogP) is 2.29. The fourth-order valence-corrected chi connectivity index (χ4v) is 3.19. The van der Waals surface area contributed by atoms with Crippen molar-refractivity contribution in [1.29, 1.82) is 0 Å². The number of carboxylic acid groups (broad SMARTS) is 1. The average molecular weight is 277 g/mol. The molecule has 0 aromatic heterocycles. The molecule has 1 saturated heterocycles. The SMILES string of the molecule is CC(C)C(C(O)c1ccccc1)N1CCCC1C(=O)O. The zero-order valence-electron chi connectivity index (χ0n) is 12.1. The number of aliphatic carboxylic acids is 1. The number of nitrogens with zero attached hydrogens (tertiary/aromatic N) is 1. The summed E-state index contributed by atoms with van der Waals surface area (Å²) < 4.78 is 0. The van der Waals surface area contributed by atoms with Crippen molar-refractivity contribution in [1.82, 2.24) is 4.90 Å². The van der Waals surface area contributed by atoms with Crippen LogP contribution >= 0.6 is 0 Å². The minimum Gasteiger partial charge on any atom is -0.480 e. The summed E-state index contributed by atoms with van der Waals surface area (Å²) in [6, 6.07) is 8.86. The number of hydrogen-bond acceptors (Lipinski definition) is 3. The first-order chi connectivity index (χ1) is 9.52. The van der Waals surface area contributed by atoms with Gasteiger partial charge in [-0.15, -0.1) is 0 Å². The highest BCUT2D eigenvalue weighted by Crippen LogP contribution is 2.32. The molecule has 1 aliphatic rings. The van der Waals surface area contributed by atoms with Crippen LogP contribution in [0.4, 0.5) is 0 Å². The van der Waals surface area contributed by atoms with Gasteiger partial charge in [-0.2, -0.15) is 0 Å². The molecular formula is C16H23NO3. The number of aliphatic hydroxyl groups excluding tert-OH is 1. The van der Waals surface area contributed by atoms with Crippen LogP contribution in [0.25, 0.3) is 0 Å². The van der Waals surface area contributed by atoms with Crippen molar-refractivity contribution in [2.45, 2.75) is 44.9 Å². The van der Waals surface area contributed by atoms with Crippen LogP contribution in [-0.4, -0.2) is 39.7 Å². The highest BCUT2D eigenvalue weighted by molar-refractivity contribution is 5.73. The molecule has 4 heteroatoms. The van der Waals surface area contributed by atoms with E-state index in [1.54, 1.807) is 0 Å². The maximum absolute atomic E-state index is 11.4. The van der Waals surface area contributed by atoms with E-state index < -0.39 is 18.1 Å². The normalized spacial score (nSPS) is 22.9. The van der Waals surface area contributed by atoms with Gasteiger partial charge in [-0.25, -0.2) is 0 Å². The second-order valence-corrected chi connectivity index (χ2v) is 5.82. The Bertz CT molecular complexity index is 446. The van der Waals surface area contributed by atoms with Crippen LogP contribution in [0, 0.1) is 5.92 Å². The number of hydrogen-bond donors (Lipinski definition) is 2. The van der Waals surface area contributed by atoms with Crippen LogP contribution in [0.5, 0.6) is 0 Å². The molecule has 20 heavy (non-hydrogen) atoms. The lowest BCUT2D eigenvalue weighted by Crippen LogP contribution is -2.48. The molecule has 1 fully saturated rings. The standard InChI is InChI=1S/C16H23NO3/c1-11(2)14(15(18)12-7-4-3-5-8-12)17-10-6-9-13(17)16(19)20/h3-5,7-8,11,13-15,18H,6,9-10H2,1-2H3,(H,19,20). The van der Waals surface area contributed by atoms with Gasteiger partial charge in [-0.3, -0.25) is 9.69 Å². The second-order valence-electron chi connectivity index (χ2n) is 5.82. The molecule has 1 aromatic carbocycles. The number of aliphatic hydroxyl groups is 1. The van der Waals surface area contributed by atoms with Crippen LogP contribution < -0.4 is 0 Å². The lowest BCUT2D eigenvalue weighted by atomic mass is 9.91. The zero-order valence-corrected chi connectivity index (χ0v) is 12.1. The van der Waals surface area contributed by atoms with Crippen molar-refractivity contribution in [2.75, 3.05) is 6.54 Å². The van der Waals surface area contributed by atoms with E-state index in [9.17, 15) is 15.0 Å². The number of carbonyl (C=O) groups is 1. The molecule has 1 aromatic rings. The summed E-state index contributed by atoms with van der Waals surface area (Å²) in [5.41, 5.74) is 0.849. The molecule has 4 nitrogen and oxygen atoms in total. The molecule has 0 saturated carbocycles. The first kappa shape index (κ1) is 15.0. The smallest absolute Gasteiger partial charge is 0.320 e. The van der Waals surface area contributed by atoms with E-state index >= 15 is 0 Å². The lowest BCUT2D eigenvalue weighted by molar-refractivity contribution is -0.144. The zero-order chi connectivity index (χ0) is 14.7. The topological polar surface area (TPSA) is 60.8 Å². The van der Waals surface area contributed by atoms with E-state index in [1.807, 2.05) is 49.1 Å². The van der Waals surface area contributed by atoms with Crippen molar-refractivity contribution in [3.8, 4) is 0 Å². The van der Waals surface area contributed by atoms with Gasteiger partial charge in [-0.05, 0) is 30.9 Å². The maximum atomic E-state index is 11.4. The van der Waals surface area contributed by atoms with Gasteiger partial charge in [-0.1, -0.05) is 44.2 Å². The molecule has 0 bridgehead atoms.